The van der Waals surface area contributed by atoms with Gasteiger partial charge in [0.15, 0.2) is 5.96 Å². The molecule has 1 aliphatic heterocycles. The molecule has 4 nitrogen and oxygen atoms in total. The molecule has 2 aliphatic rings. The van der Waals surface area contributed by atoms with E-state index in [-0.39, 0.29) is 0 Å². The first-order chi connectivity index (χ1) is 11.8. The summed E-state index contributed by atoms with van der Waals surface area (Å²) >= 11 is 0. The summed E-state index contributed by atoms with van der Waals surface area (Å²) in [6, 6.07) is 10.1. The van der Waals surface area contributed by atoms with Crippen LogP contribution in [0.5, 0.6) is 0 Å². The molecule has 3 rings (SSSR count). The number of nitrogens with zero attached hydrogens (tertiary/aromatic N) is 2. The fourth-order valence-electron chi connectivity index (χ4n) is 3.38. The van der Waals surface area contributed by atoms with E-state index in [4.69, 9.17) is 4.99 Å². The van der Waals surface area contributed by atoms with Gasteiger partial charge in [0.2, 0.25) is 0 Å². The molecule has 1 aromatic rings. The Labute approximate surface area is 146 Å². The molecule has 0 radical (unpaired) electrons. The van der Waals surface area contributed by atoms with Crippen LogP contribution >= 0.6 is 0 Å². The Kier molecular flexibility index (Phi) is 6.13. The predicted molar refractivity (Wildman–Crippen MR) is 101 cm³/mol. The SMILES string of the molecule is CCNC(=NCc1ccccc1CN1CCCCC1C)NC1CC1. The lowest BCUT2D eigenvalue weighted by atomic mass is 10.0. The lowest BCUT2D eigenvalue weighted by Gasteiger charge is -2.33. The molecule has 1 heterocycles. The van der Waals surface area contributed by atoms with Crippen LogP contribution in [0, 0.1) is 0 Å². The van der Waals surface area contributed by atoms with Crippen LogP contribution in [0.3, 0.4) is 0 Å². The summed E-state index contributed by atoms with van der Waals surface area (Å²) in [7, 11) is 0. The minimum atomic E-state index is 0.632. The standard InChI is InChI=1S/C20H32N4/c1-3-21-20(23-19-11-12-19)22-14-17-9-4-5-10-18(17)15-24-13-7-6-8-16(24)2/h4-5,9-10,16,19H,3,6-8,11-15H2,1-2H3,(H2,21,22,23). The molecular formula is C20H32N4. The highest BCUT2D eigenvalue weighted by molar-refractivity contribution is 5.80. The van der Waals surface area contributed by atoms with Crippen molar-refractivity contribution in [1.29, 1.82) is 0 Å². The van der Waals surface area contributed by atoms with Gasteiger partial charge in [-0.1, -0.05) is 30.7 Å². The van der Waals surface area contributed by atoms with E-state index in [0.29, 0.717) is 12.1 Å². The molecule has 1 aromatic carbocycles. The monoisotopic (exact) mass is 328 g/mol. The Balaban J connectivity index is 1.66. The first-order valence-corrected chi connectivity index (χ1v) is 9.62. The Bertz CT molecular complexity index is 550. The number of guanidine groups is 1. The van der Waals surface area contributed by atoms with Crippen LogP contribution in [0.25, 0.3) is 0 Å². The molecule has 1 saturated heterocycles. The number of nitrogens with one attached hydrogen (secondary N) is 2. The Morgan fingerprint density at radius 2 is 1.96 bits per heavy atom. The molecule has 2 N–H and O–H groups in total. The second-order valence-electron chi connectivity index (χ2n) is 7.20. The summed E-state index contributed by atoms with van der Waals surface area (Å²) < 4.78 is 0. The van der Waals surface area contributed by atoms with Crippen molar-refractivity contribution in [2.24, 2.45) is 4.99 Å². The van der Waals surface area contributed by atoms with Crippen LogP contribution < -0.4 is 10.6 Å². The molecule has 1 unspecified atom stereocenters. The maximum atomic E-state index is 4.81. The van der Waals surface area contributed by atoms with Gasteiger partial charge in [0.05, 0.1) is 6.54 Å². The maximum absolute atomic E-state index is 4.81. The molecule has 0 aromatic heterocycles. The first kappa shape index (κ1) is 17.3. The topological polar surface area (TPSA) is 39.7 Å². The molecule has 0 spiro atoms. The maximum Gasteiger partial charge on any atom is 0.191 e. The van der Waals surface area contributed by atoms with Crippen LogP contribution in [0.4, 0.5) is 0 Å². The van der Waals surface area contributed by atoms with Crippen molar-refractivity contribution >= 4 is 5.96 Å². The number of hydrogen-bond donors (Lipinski definition) is 2. The van der Waals surface area contributed by atoms with E-state index in [1.54, 1.807) is 0 Å². The van der Waals surface area contributed by atoms with E-state index in [9.17, 15) is 0 Å². The molecule has 0 bridgehead atoms. The summed E-state index contributed by atoms with van der Waals surface area (Å²) in [6.07, 6.45) is 6.58. The van der Waals surface area contributed by atoms with Crippen molar-refractivity contribution in [2.45, 2.75) is 71.1 Å². The number of piperidine rings is 1. The normalized spacial score (nSPS) is 22.4. The van der Waals surface area contributed by atoms with Gasteiger partial charge >= 0.3 is 0 Å². The summed E-state index contributed by atoms with van der Waals surface area (Å²) in [5, 5.41) is 6.86. The van der Waals surface area contributed by atoms with E-state index < -0.39 is 0 Å². The summed E-state index contributed by atoms with van der Waals surface area (Å²) in [5.74, 6) is 0.959. The van der Waals surface area contributed by atoms with Gasteiger partial charge in [0.25, 0.3) is 0 Å². The number of rotatable bonds is 6. The highest BCUT2D eigenvalue weighted by Gasteiger charge is 2.22. The van der Waals surface area contributed by atoms with Gasteiger partial charge < -0.3 is 10.6 Å². The molecular weight excluding hydrogens is 296 g/mol. The molecule has 2 fully saturated rings. The average molecular weight is 329 g/mol. The minimum absolute atomic E-state index is 0.632. The molecule has 0 amide bonds. The highest BCUT2D eigenvalue weighted by Crippen LogP contribution is 2.21. The quantitative estimate of drug-likeness (QED) is 0.622. The van der Waals surface area contributed by atoms with E-state index in [0.717, 1.165) is 25.6 Å². The summed E-state index contributed by atoms with van der Waals surface area (Å²) in [5.41, 5.74) is 2.78. The number of benzene rings is 1. The van der Waals surface area contributed by atoms with Crippen molar-refractivity contribution in [1.82, 2.24) is 15.5 Å². The van der Waals surface area contributed by atoms with Crippen LogP contribution in [0.1, 0.15) is 57.1 Å². The van der Waals surface area contributed by atoms with Gasteiger partial charge in [-0.15, -0.1) is 0 Å². The van der Waals surface area contributed by atoms with Crippen LogP contribution in [0.15, 0.2) is 29.3 Å². The lowest BCUT2D eigenvalue weighted by Crippen LogP contribution is -2.38. The second kappa shape index (κ2) is 8.52. The molecule has 24 heavy (non-hydrogen) atoms. The van der Waals surface area contributed by atoms with E-state index >= 15 is 0 Å². The van der Waals surface area contributed by atoms with E-state index in [1.165, 1.54) is 49.8 Å². The third-order valence-corrected chi connectivity index (χ3v) is 5.10. The fraction of sp³-hybridized carbons (Fsp3) is 0.650. The zero-order valence-corrected chi connectivity index (χ0v) is 15.2. The molecule has 1 aliphatic carbocycles. The van der Waals surface area contributed by atoms with Crippen LogP contribution in [-0.2, 0) is 13.1 Å². The Morgan fingerprint density at radius 1 is 1.17 bits per heavy atom. The molecule has 132 valence electrons. The highest BCUT2D eigenvalue weighted by atomic mass is 15.2. The van der Waals surface area contributed by atoms with Gasteiger partial charge in [0, 0.05) is 25.2 Å². The Morgan fingerprint density at radius 3 is 2.67 bits per heavy atom. The predicted octanol–water partition coefficient (Wildman–Crippen LogP) is 3.28. The van der Waals surface area contributed by atoms with Crippen molar-refractivity contribution in [3.05, 3.63) is 35.4 Å². The molecule has 4 heteroatoms. The van der Waals surface area contributed by atoms with Gasteiger partial charge in [-0.25, -0.2) is 4.99 Å². The minimum Gasteiger partial charge on any atom is -0.357 e. The second-order valence-corrected chi connectivity index (χ2v) is 7.20. The van der Waals surface area contributed by atoms with Crippen molar-refractivity contribution in [3.63, 3.8) is 0 Å². The molecule has 1 atom stereocenters. The van der Waals surface area contributed by atoms with Crippen LogP contribution in [-0.4, -0.2) is 36.0 Å². The largest absolute Gasteiger partial charge is 0.357 e. The van der Waals surface area contributed by atoms with Gasteiger partial charge in [-0.05, 0) is 57.2 Å². The summed E-state index contributed by atoms with van der Waals surface area (Å²) in [6.45, 7) is 8.43. The van der Waals surface area contributed by atoms with Crippen LogP contribution in [0.2, 0.25) is 0 Å². The lowest BCUT2D eigenvalue weighted by molar-refractivity contribution is 0.152. The third-order valence-electron chi connectivity index (χ3n) is 5.10. The summed E-state index contributed by atoms with van der Waals surface area (Å²) in [4.78, 5) is 7.44. The smallest absolute Gasteiger partial charge is 0.191 e. The number of hydrogen-bond acceptors (Lipinski definition) is 2. The average Bonchev–Trinajstić information content (AvgIpc) is 3.40. The first-order valence-electron chi connectivity index (χ1n) is 9.62. The van der Waals surface area contributed by atoms with E-state index in [1.807, 2.05) is 0 Å². The Hall–Kier alpha value is -1.55. The number of likely N-dealkylation sites (tertiary alicyclic amines) is 1. The van der Waals surface area contributed by atoms with Crippen molar-refractivity contribution < 1.29 is 0 Å². The zero-order valence-electron chi connectivity index (χ0n) is 15.2. The van der Waals surface area contributed by atoms with Crippen molar-refractivity contribution in [3.8, 4) is 0 Å². The zero-order chi connectivity index (χ0) is 16.8. The third kappa shape index (κ3) is 4.97. The van der Waals surface area contributed by atoms with Crippen molar-refractivity contribution in [2.75, 3.05) is 13.1 Å². The van der Waals surface area contributed by atoms with Gasteiger partial charge in [-0.3, -0.25) is 4.90 Å². The van der Waals surface area contributed by atoms with E-state index in [2.05, 4.69) is 53.6 Å². The molecule has 1 saturated carbocycles. The van der Waals surface area contributed by atoms with Gasteiger partial charge in [0.1, 0.15) is 0 Å². The number of aliphatic imine (C=N–C) groups is 1. The van der Waals surface area contributed by atoms with Gasteiger partial charge in [-0.2, -0.15) is 0 Å². The fourth-order valence-corrected chi connectivity index (χ4v) is 3.38.